The highest BCUT2D eigenvalue weighted by atomic mass is 32.1. The van der Waals surface area contributed by atoms with Gasteiger partial charge >= 0.3 is 0 Å². The second-order valence-corrected chi connectivity index (χ2v) is 6.22. The van der Waals surface area contributed by atoms with E-state index in [1.807, 2.05) is 11.3 Å². The zero-order chi connectivity index (χ0) is 12.6. The Morgan fingerprint density at radius 1 is 1.39 bits per heavy atom. The van der Waals surface area contributed by atoms with Crippen molar-refractivity contribution < 1.29 is 0 Å². The SMILES string of the molecule is CCNC(CCc1cccs1)CC1=CCCCC1. The van der Waals surface area contributed by atoms with Gasteiger partial charge in [0, 0.05) is 10.9 Å². The summed E-state index contributed by atoms with van der Waals surface area (Å²) in [4.78, 5) is 1.52. The monoisotopic (exact) mass is 263 g/mol. The molecule has 1 aromatic rings. The molecule has 1 aliphatic carbocycles. The van der Waals surface area contributed by atoms with Crippen LogP contribution in [0.25, 0.3) is 0 Å². The fourth-order valence-electron chi connectivity index (χ4n) is 2.74. The number of hydrogen-bond acceptors (Lipinski definition) is 2. The second kappa shape index (κ2) is 7.75. The summed E-state index contributed by atoms with van der Waals surface area (Å²) in [7, 11) is 0. The van der Waals surface area contributed by atoms with E-state index >= 15 is 0 Å². The molecular weight excluding hydrogens is 238 g/mol. The second-order valence-electron chi connectivity index (χ2n) is 5.18. The molecule has 1 aliphatic rings. The number of thiophene rings is 1. The maximum atomic E-state index is 3.66. The van der Waals surface area contributed by atoms with Crippen molar-refractivity contribution in [2.75, 3.05) is 6.54 Å². The lowest BCUT2D eigenvalue weighted by molar-refractivity contribution is 0.479. The Hall–Kier alpha value is -0.600. The molecule has 0 radical (unpaired) electrons. The molecule has 0 spiro atoms. The summed E-state index contributed by atoms with van der Waals surface area (Å²) in [5.41, 5.74) is 1.69. The maximum absolute atomic E-state index is 3.66. The molecule has 1 heterocycles. The lowest BCUT2D eigenvalue weighted by Gasteiger charge is -2.21. The van der Waals surface area contributed by atoms with Gasteiger partial charge in [-0.25, -0.2) is 0 Å². The maximum Gasteiger partial charge on any atom is 0.0108 e. The molecule has 100 valence electrons. The summed E-state index contributed by atoms with van der Waals surface area (Å²) in [6.45, 7) is 3.30. The minimum atomic E-state index is 0.668. The van der Waals surface area contributed by atoms with Crippen molar-refractivity contribution in [3.8, 4) is 0 Å². The first-order valence-corrected chi connectivity index (χ1v) is 8.20. The molecule has 1 atom stereocenters. The van der Waals surface area contributed by atoms with E-state index in [4.69, 9.17) is 0 Å². The van der Waals surface area contributed by atoms with Gasteiger partial charge in [0.2, 0.25) is 0 Å². The summed E-state index contributed by atoms with van der Waals surface area (Å²) >= 11 is 1.89. The highest BCUT2D eigenvalue weighted by Gasteiger charge is 2.12. The zero-order valence-corrected chi connectivity index (χ0v) is 12.3. The van der Waals surface area contributed by atoms with E-state index in [2.05, 4.69) is 35.8 Å². The van der Waals surface area contributed by atoms with Crippen LogP contribution in [-0.2, 0) is 6.42 Å². The molecule has 0 fully saturated rings. The van der Waals surface area contributed by atoms with Crippen LogP contribution in [0, 0.1) is 0 Å². The predicted molar refractivity (Wildman–Crippen MR) is 81.3 cm³/mol. The Kier molecular flexibility index (Phi) is 5.95. The van der Waals surface area contributed by atoms with E-state index < -0.39 is 0 Å². The Morgan fingerprint density at radius 3 is 3.00 bits per heavy atom. The van der Waals surface area contributed by atoms with Crippen molar-refractivity contribution in [1.82, 2.24) is 5.32 Å². The van der Waals surface area contributed by atoms with E-state index in [0.717, 1.165) is 6.54 Å². The third kappa shape index (κ3) is 4.58. The van der Waals surface area contributed by atoms with Crippen LogP contribution in [0.1, 0.15) is 50.3 Å². The van der Waals surface area contributed by atoms with Gasteiger partial charge in [0.25, 0.3) is 0 Å². The summed E-state index contributed by atoms with van der Waals surface area (Å²) in [6, 6.07) is 5.08. The molecule has 1 N–H and O–H groups in total. The number of allylic oxidation sites excluding steroid dienone is 1. The molecule has 0 bridgehead atoms. The number of hydrogen-bond donors (Lipinski definition) is 1. The van der Waals surface area contributed by atoms with Gasteiger partial charge in [-0.05, 0) is 62.9 Å². The fraction of sp³-hybridized carbons (Fsp3) is 0.625. The van der Waals surface area contributed by atoms with Crippen LogP contribution in [0.15, 0.2) is 29.2 Å². The number of nitrogens with one attached hydrogen (secondary N) is 1. The molecule has 0 saturated heterocycles. The molecule has 1 nitrogen and oxygen atoms in total. The van der Waals surface area contributed by atoms with Crippen molar-refractivity contribution in [3.63, 3.8) is 0 Å². The van der Waals surface area contributed by atoms with Crippen molar-refractivity contribution in [3.05, 3.63) is 34.0 Å². The van der Waals surface area contributed by atoms with Crippen molar-refractivity contribution in [2.45, 2.75) is 57.9 Å². The minimum absolute atomic E-state index is 0.668. The first kappa shape index (κ1) is 13.8. The lowest BCUT2D eigenvalue weighted by atomic mass is 9.92. The van der Waals surface area contributed by atoms with E-state index in [9.17, 15) is 0 Å². The van der Waals surface area contributed by atoms with Crippen LogP contribution in [0.3, 0.4) is 0 Å². The van der Waals surface area contributed by atoms with Gasteiger partial charge in [0.05, 0.1) is 0 Å². The van der Waals surface area contributed by atoms with Crippen LogP contribution in [-0.4, -0.2) is 12.6 Å². The highest BCUT2D eigenvalue weighted by Crippen LogP contribution is 2.23. The minimum Gasteiger partial charge on any atom is -0.314 e. The van der Waals surface area contributed by atoms with E-state index in [0.29, 0.717) is 6.04 Å². The van der Waals surface area contributed by atoms with E-state index in [-0.39, 0.29) is 0 Å². The molecule has 18 heavy (non-hydrogen) atoms. The van der Waals surface area contributed by atoms with Crippen molar-refractivity contribution in [1.29, 1.82) is 0 Å². The number of rotatable bonds is 7. The van der Waals surface area contributed by atoms with Crippen LogP contribution < -0.4 is 5.32 Å². The normalized spacial score (nSPS) is 17.5. The van der Waals surface area contributed by atoms with Crippen LogP contribution in [0.2, 0.25) is 0 Å². The molecule has 0 aliphatic heterocycles. The molecule has 1 unspecified atom stereocenters. The van der Waals surface area contributed by atoms with Gasteiger partial charge in [0.15, 0.2) is 0 Å². The Bertz CT molecular complexity index is 353. The van der Waals surface area contributed by atoms with Gasteiger partial charge < -0.3 is 5.32 Å². The predicted octanol–water partition coefficient (Wildman–Crippen LogP) is 4.55. The molecule has 0 saturated carbocycles. The Labute approximate surface area is 115 Å². The van der Waals surface area contributed by atoms with Crippen LogP contribution in [0.4, 0.5) is 0 Å². The first-order chi connectivity index (χ1) is 8.88. The Morgan fingerprint density at radius 2 is 2.33 bits per heavy atom. The molecule has 0 amide bonds. The third-order valence-electron chi connectivity index (χ3n) is 3.71. The highest BCUT2D eigenvalue weighted by molar-refractivity contribution is 7.09. The summed E-state index contributed by atoms with van der Waals surface area (Å²) < 4.78 is 0. The summed E-state index contributed by atoms with van der Waals surface area (Å²) in [5, 5.41) is 5.84. The van der Waals surface area contributed by atoms with Gasteiger partial charge in [-0.15, -0.1) is 11.3 Å². The Balaban J connectivity index is 1.81. The molecule has 2 rings (SSSR count). The average Bonchev–Trinajstić information content (AvgIpc) is 2.91. The largest absolute Gasteiger partial charge is 0.314 e. The molecular formula is C16H25NS. The smallest absolute Gasteiger partial charge is 0.0108 e. The molecule has 1 aromatic heterocycles. The van der Waals surface area contributed by atoms with Crippen molar-refractivity contribution >= 4 is 11.3 Å². The zero-order valence-electron chi connectivity index (χ0n) is 11.5. The van der Waals surface area contributed by atoms with Gasteiger partial charge in [-0.2, -0.15) is 0 Å². The average molecular weight is 263 g/mol. The van der Waals surface area contributed by atoms with Gasteiger partial charge in [0.1, 0.15) is 0 Å². The first-order valence-electron chi connectivity index (χ1n) is 7.32. The third-order valence-corrected chi connectivity index (χ3v) is 4.64. The molecule has 0 aromatic carbocycles. The standard InChI is InChI=1S/C16H25NS/c1-2-17-15(10-11-16-9-6-12-18-16)13-14-7-4-3-5-8-14/h6-7,9,12,15,17H,2-5,8,10-11,13H2,1H3. The molecule has 2 heteroatoms. The van der Waals surface area contributed by atoms with Gasteiger partial charge in [-0.3, -0.25) is 0 Å². The van der Waals surface area contributed by atoms with Gasteiger partial charge in [-0.1, -0.05) is 24.6 Å². The quantitative estimate of drug-likeness (QED) is 0.712. The number of aryl methyl sites for hydroxylation is 1. The van der Waals surface area contributed by atoms with Crippen molar-refractivity contribution in [2.24, 2.45) is 0 Å². The van der Waals surface area contributed by atoms with E-state index in [1.54, 1.807) is 5.57 Å². The van der Waals surface area contributed by atoms with Crippen LogP contribution >= 0.6 is 11.3 Å². The fourth-order valence-corrected chi connectivity index (χ4v) is 3.47. The van der Waals surface area contributed by atoms with Crippen LogP contribution in [0.5, 0.6) is 0 Å². The topological polar surface area (TPSA) is 12.0 Å². The lowest BCUT2D eigenvalue weighted by Crippen LogP contribution is -2.30. The summed E-state index contributed by atoms with van der Waals surface area (Å²) in [5.74, 6) is 0. The van der Waals surface area contributed by atoms with E-state index in [1.165, 1.54) is 49.8 Å². The summed E-state index contributed by atoms with van der Waals surface area (Å²) in [6.07, 6.45) is 11.7.